The zero-order chi connectivity index (χ0) is 20.5. The lowest BCUT2D eigenvalue weighted by Gasteiger charge is -2.47. The van der Waals surface area contributed by atoms with E-state index in [-0.39, 0.29) is 35.9 Å². The highest BCUT2D eigenvalue weighted by Crippen LogP contribution is 2.38. The number of aliphatic hydroxyl groups is 1. The summed E-state index contributed by atoms with van der Waals surface area (Å²) in [6, 6.07) is 0. The Hall–Kier alpha value is 0.180. The Morgan fingerprint density at radius 3 is 2.30 bits per heavy atom. The van der Waals surface area contributed by atoms with E-state index in [1.165, 1.54) is 0 Å². The molecule has 2 aliphatic heterocycles. The lowest BCUT2D eigenvalue weighted by atomic mass is 9.84. The summed E-state index contributed by atoms with van der Waals surface area (Å²) in [5, 5.41) is 18.4. The van der Waals surface area contributed by atoms with Crippen LogP contribution in [0.4, 0.5) is 0 Å². The molecule has 0 aromatic rings. The monoisotopic (exact) mass is 445 g/mol. The highest BCUT2D eigenvalue weighted by molar-refractivity contribution is 6.76. The van der Waals surface area contributed by atoms with Crippen LogP contribution in [-0.2, 0) is 18.9 Å². The van der Waals surface area contributed by atoms with E-state index >= 15 is 0 Å². The van der Waals surface area contributed by atoms with Crippen LogP contribution in [0.2, 0.25) is 0 Å². The molecule has 0 aromatic heterocycles. The topological polar surface area (TPSA) is 81.0 Å². The van der Waals surface area contributed by atoms with Gasteiger partial charge in [0.05, 0.1) is 18.8 Å². The predicted octanol–water partition coefficient (Wildman–Crippen LogP) is 4.13. The van der Waals surface area contributed by atoms with Gasteiger partial charge in [0.15, 0.2) is 6.29 Å². The van der Waals surface area contributed by atoms with E-state index in [2.05, 4.69) is 0 Å². The van der Waals surface area contributed by atoms with Crippen molar-refractivity contribution in [1.29, 1.82) is 5.41 Å². The summed E-state index contributed by atoms with van der Waals surface area (Å²) in [5.74, 6) is -0.392. The highest BCUT2D eigenvalue weighted by atomic mass is 35.6. The van der Waals surface area contributed by atoms with Crippen molar-refractivity contribution in [2.24, 2.45) is 23.7 Å². The third-order valence-electron chi connectivity index (χ3n) is 5.78. The first-order valence-electron chi connectivity index (χ1n) is 9.40. The summed E-state index contributed by atoms with van der Waals surface area (Å²) in [6.45, 7) is 10.5. The standard InChI is InChI=1S/C18H30Cl3NO5/c1-6-12-10(4)14(26-16-13(23)9(3)8(2)7-24-16)11(5)15(25-12)27-17(22)18(19,20)21/h8-16,22-23H,6-7H2,1-5H3/t8-,9+,10-,11?,12?,13?,14+,15-,16-/m1/s1. The third kappa shape index (κ3) is 5.41. The molecule has 0 saturated carbocycles. The van der Waals surface area contributed by atoms with E-state index in [0.29, 0.717) is 6.61 Å². The van der Waals surface area contributed by atoms with Crippen molar-refractivity contribution in [3.63, 3.8) is 0 Å². The minimum Gasteiger partial charge on any atom is -0.448 e. The van der Waals surface area contributed by atoms with Crippen molar-refractivity contribution in [2.45, 2.75) is 75.7 Å². The van der Waals surface area contributed by atoms with Crippen molar-refractivity contribution in [1.82, 2.24) is 0 Å². The molecular weight excluding hydrogens is 417 g/mol. The van der Waals surface area contributed by atoms with Crippen LogP contribution in [-0.4, -0.2) is 52.3 Å². The van der Waals surface area contributed by atoms with Crippen LogP contribution in [0.1, 0.15) is 41.0 Å². The van der Waals surface area contributed by atoms with E-state index in [0.717, 1.165) is 6.42 Å². The van der Waals surface area contributed by atoms with Gasteiger partial charge in [0.2, 0.25) is 12.2 Å². The van der Waals surface area contributed by atoms with Crippen molar-refractivity contribution in [3.8, 4) is 0 Å². The molecular formula is C18H30Cl3NO5. The minimum atomic E-state index is -1.96. The van der Waals surface area contributed by atoms with Crippen molar-refractivity contribution >= 4 is 40.7 Å². The molecule has 2 rings (SSSR count). The van der Waals surface area contributed by atoms with Crippen molar-refractivity contribution in [2.75, 3.05) is 6.61 Å². The molecule has 9 heteroatoms. The molecule has 2 saturated heterocycles. The Kier molecular flexibility index (Phi) is 8.11. The molecule has 2 fully saturated rings. The van der Waals surface area contributed by atoms with Gasteiger partial charge in [-0.25, -0.2) is 0 Å². The smallest absolute Gasteiger partial charge is 0.265 e. The van der Waals surface area contributed by atoms with Crippen molar-refractivity contribution < 1.29 is 24.1 Å². The molecule has 2 N–H and O–H groups in total. The maximum atomic E-state index is 10.6. The predicted molar refractivity (Wildman–Crippen MR) is 105 cm³/mol. The summed E-state index contributed by atoms with van der Waals surface area (Å²) in [7, 11) is 0. The third-order valence-corrected chi connectivity index (χ3v) is 6.30. The van der Waals surface area contributed by atoms with Gasteiger partial charge in [-0.15, -0.1) is 0 Å². The average molecular weight is 447 g/mol. The molecule has 158 valence electrons. The fraction of sp³-hybridized carbons (Fsp3) is 0.944. The number of aliphatic hydroxyl groups excluding tert-OH is 1. The van der Waals surface area contributed by atoms with Gasteiger partial charge in [-0.2, -0.15) is 0 Å². The second kappa shape index (κ2) is 9.33. The number of rotatable bonds is 4. The van der Waals surface area contributed by atoms with Crippen LogP contribution in [0.5, 0.6) is 0 Å². The first-order valence-corrected chi connectivity index (χ1v) is 10.5. The van der Waals surface area contributed by atoms with E-state index in [4.69, 9.17) is 59.2 Å². The Bertz CT molecular complexity index is 518. The first kappa shape index (κ1) is 23.5. The van der Waals surface area contributed by atoms with Gasteiger partial charge >= 0.3 is 0 Å². The van der Waals surface area contributed by atoms with Crippen LogP contribution < -0.4 is 0 Å². The zero-order valence-electron chi connectivity index (χ0n) is 16.3. The summed E-state index contributed by atoms with van der Waals surface area (Å²) in [6.07, 6.45) is -1.95. The molecule has 0 amide bonds. The number of halogens is 3. The molecule has 27 heavy (non-hydrogen) atoms. The number of hydrogen-bond donors (Lipinski definition) is 2. The lowest BCUT2D eigenvalue weighted by molar-refractivity contribution is -0.310. The number of hydrogen-bond acceptors (Lipinski definition) is 6. The summed E-state index contributed by atoms with van der Waals surface area (Å²) >= 11 is 17.2. The van der Waals surface area contributed by atoms with E-state index in [1.54, 1.807) is 0 Å². The summed E-state index contributed by atoms with van der Waals surface area (Å²) in [5.41, 5.74) is 0. The van der Waals surface area contributed by atoms with E-state index < -0.39 is 28.4 Å². The Labute approximate surface area is 176 Å². The van der Waals surface area contributed by atoms with Gasteiger partial charge in [0.25, 0.3) is 3.79 Å². The molecule has 0 spiro atoms. The second-order valence-electron chi connectivity index (χ2n) is 7.74. The molecule has 0 aromatic carbocycles. The first-order chi connectivity index (χ1) is 12.5. The maximum Gasteiger partial charge on any atom is 0.265 e. The second-order valence-corrected chi connectivity index (χ2v) is 10.0. The van der Waals surface area contributed by atoms with Crippen LogP contribution >= 0.6 is 34.8 Å². The molecule has 9 atom stereocenters. The lowest BCUT2D eigenvalue weighted by Crippen LogP contribution is -2.55. The van der Waals surface area contributed by atoms with E-state index in [9.17, 15) is 5.11 Å². The van der Waals surface area contributed by atoms with Crippen molar-refractivity contribution in [3.05, 3.63) is 0 Å². The Morgan fingerprint density at radius 2 is 1.74 bits per heavy atom. The van der Waals surface area contributed by atoms with Gasteiger partial charge in [0.1, 0.15) is 6.10 Å². The SMILES string of the molecule is CCC1O[C@H](OC(=N)C(Cl)(Cl)Cl)C(C)[C@@H](O[C@H]2OC[C@@H](C)[C@H](C)C2O)[C@@H]1C. The average Bonchev–Trinajstić information content (AvgIpc) is 2.59. The number of nitrogens with one attached hydrogen (secondary N) is 1. The largest absolute Gasteiger partial charge is 0.448 e. The summed E-state index contributed by atoms with van der Waals surface area (Å²) < 4.78 is 21.5. The number of ether oxygens (including phenoxy) is 4. The zero-order valence-corrected chi connectivity index (χ0v) is 18.6. The Balaban J connectivity index is 2.14. The van der Waals surface area contributed by atoms with Gasteiger partial charge in [-0.3, -0.25) is 5.41 Å². The van der Waals surface area contributed by atoms with Gasteiger partial charge in [-0.1, -0.05) is 69.4 Å². The molecule has 3 unspecified atom stereocenters. The van der Waals surface area contributed by atoms with Gasteiger partial charge in [-0.05, 0) is 18.3 Å². The molecule has 2 aliphatic rings. The molecule has 2 heterocycles. The normalized spacial score (nSPS) is 43.4. The summed E-state index contributed by atoms with van der Waals surface area (Å²) in [4.78, 5) is 0. The number of alkyl halides is 3. The molecule has 6 nitrogen and oxygen atoms in total. The minimum absolute atomic E-state index is 0.0391. The van der Waals surface area contributed by atoms with E-state index in [1.807, 2.05) is 34.6 Å². The highest BCUT2D eigenvalue weighted by Gasteiger charge is 2.47. The van der Waals surface area contributed by atoms with Crippen LogP contribution in [0, 0.1) is 29.1 Å². The van der Waals surface area contributed by atoms with Gasteiger partial charge in [0, 0.05) is 11.8 Å². The molecule has 0 radical (unpaired) electrons. The quantitative estimate of drug-likeness (QED) is 0.385. The fourth-order valence-electron chi connectivity index (χ4n) is 3.66. The maximum absolute atomic E-state index is 10.6. The molecule has 0 aliphatic carbocycles. The van der Waals surface area contributed by atoms with Crippen LogP contribution in [0.25, 0.3) is 0 Å². The fourth-order valence-corrected chi connectivity index (χ4v) is 3.79. The van der Waals surface area contributed by atoms with Gasteiger partial charge < -0.3 is 24.1 Å². The van der Waals surface area contributed by atoms with Crippen LogP contribution in [0.15, 0.2) is 0 Å². The van der Waals surface area contributed by atoms with Crippen LogP contribution in [0.3, 0.4) is 0 Å². The Morgan fingerprint density at radius 1 is 1.11 bits per heavy atom. The molecule has 0 bridgehead atoms.